The van der Waals surface area contributed by atoms with Gasteiger partial charge in [0.15, 0.2) is 0 Å². The second-order valence-electron chi connectivity index (χ2n) is 10.5. The summed E-state index contributed by atoms with van der Waals surface area (Å²) >= 11 is 3.48. The number of fused-ring (bicyclic) bond motifs is 4. The molecule has 0 fully saturated rings. The molecule has 0 saturated carbocycles. The normalized spacial score (nSPS) is 10.5. The van der Waals surface area contributed by atoms with Crippen molar-refractivity contribution in [2.24, 2.45) is 0 Å². The number of rotatable bonds is 4. The maximum Gasteiger partial charge on any atom is 3.00 e. The van der Waals surface area contributed by atoms with Crippen LogP contribution in [0.5, 0.6) is 0 Å². The smallest absolute Gasteiger partial charge is 0.300 e. The van der Waals surface area contributed by atoms with Gasteiger partial charge in [-0.25, -0.2) is 22.7 Å². The van der Waals surface area contributed by atoms with E-state index in [-0.39, 0.29) is 38.1 Å². The Morgan fingerprint density at radius 2 is 0.935 bits per heavy atom. The van der Waals surface area contributed by atoms with Crippen LogP contribution in [0.1, 0.15) is 20.3 Å². The molecule has 0 saturated heterocycles. The van der Waals surface area contributed by atoms with Crippen molar-refractivity contribution in [2.45, 2.75) is 20.3 Å². The van der Waals surface area contributed by atoms with Gasteiger partial charge in [-0.2, -0.15) is 0 Å². The van der Waals surface area contributed by atoms with Gasteiger partial charge in [-0.1, -0.05) is 84.9 Å². The Hall–Kier alpha value is -4.39. The summed E-state index contributed by atoms with van der Waals surface area (Å²) < 4.78 is 2.51. The summed E-state index contributed by atoms with van der Waals surface area (Å²) in [7, 11) is 0. The van der Waals surface area contributed by atoms with E-state index < -0.39 is 0 Å². The molecule has 46 heavy (non-hydrogen) atoms. The van der Waals surface area contributed by atoms with Crippen LogP contribution in [0.25, 0.3) is 63.1 Å². The molecule has 4 heterocycles. The number of Topliss-reactive ketones (excluding diaryl/α,β-unsaturated/α-hetero) is 2. The van der Waals surface area contributed by atoms with E-state index in [1.54, 1.807) is 22.7 Å². The average Bonchev–Trinajstić information content (AvgIpc) is 3.69. The van der Waals surface area contributed by atoms with Crippen molar-refractivity contribution in [1.82, 2.24) is 9.97 Å². The molecule has 8 rings (SSSR count). The topological polar surface area (TPSA) is 59.9 Å². The van der Waals surface area contributed by atoms with Gasteiger partial charge in [-0.3, -0.25) is 19.6 Å². The second kappa shape index (κ2) is 15.3. The van der Waals surface area contributed by atoms with Crippen LogP contribution in [0.3, 0.4) is 0 Å². The molecule has 4 nitrogen and oxygen atoms in total. The third-order valence-electron chi connectivity index (χ3n) is 6.85. The number of benzene rings is 4. The van der Waals surface area contributed by atoms with E-state index in [1.807, 2.05) is 48.5 Å². The fourth-order valence-electron chi connectivity index (χ4n) is 4.80. The van der Waals surface area contributed by atoms with Crippen LogP contribution in [0.2, 0.25) is 0 Å². The van der Waals surface area contributed by atoms with Crippen LogP contribution in [0.4, 0.5) is 0 Å². The molecule has 0 aliphatic heterocycles. The van der Waals surface area contributed by atoms with Gasteiger partial charge in [-0.15, -0.1) is 47.2 Å². The van der Waals surface area contributed by atoms with E-state index in [2.05, 4.69) is 84.9 Å². The van der Waals surface area contributed by atoms with Gasteiger partial charge < -0.3 is 0 Å². The van der Waals surface area contributed by atoms with E-state index in [0.717, 1.165) is 42.9 Å². The monoisotopic (exact) mass is 813 g/mol. The third kappa shape index (κ3) is 8.06. The molecule has 0 aliphatic carbocycles. The zero-order valence-electron chi connectivity index (χ0n) is 25.1. The van der Waals surface area contributed by atoms with Crippen LogP contribution >= 0.6 is 22.7 Å². The summed E-state index contributed by atoms with van der Waals surface area (Å²) in [5, 5.41) is 4.68. The first-order chi connectivity index (χ1) is 21.9. The van der Waals surface area contributed by atoms with Gasteiger partial charge in [-0.05, 0) is 55.9 Å². The molecule has 0 unspecified atom stereocenters. The number of para-hydroxylation sites is 2. The maximum atomic E-state index is 10.0. The van der Waals surface area contributed by atoms with Gasteiger partial charge in [0.25, 0.3) is 0 Å². The Labute approximate surface area is 289 Å². The molecule has 0 aliphatic rings. The molecule has 4 aromatic carbocycles. The summed E-state index contributed by atoms with van der Waals surface area (Å²) in [6.45, 7) is 2.81. The molecule has 0 amide bonds. The summed E-state index contributed by atoms with van der Waals surface area (Å²) in [6, 6.07) is 48.3. The first kappa shape index (κ1) is 33.0. The fraction of sp³-hybridized carbons (Fsp3) is 0.0769. The van der Waals surface area contributed by atoms with E-state index in [1.165, 1.54) is 34.0 Å². The van der Waals surface area contributed by atoms with Gasteiger partial charge >= 0.3 is 20.1 Å². The molecule has 0 N–H and O–H groups in total. The minimum atomic E-state index is -0.0625. The Kier molecular flexibility index (Phi) is 10.9. The summed E-state index contributed by atoms with van der Waals surface area (Å²) in [5.41, 5.74) is 4.07. The molecule has 0 spiro atoms. The van der Waals surface area contributed by atoms with Crippen molar-refractivity contribution >= 4 is 76.2 Å². The minimum absolute atomic E-state index is 0. The number of hydrogen-bond donors (Lipinski definition) is 0. The van der Waals surface area contributed by atoms with E-state index in [9.17, 15) is 9.59 Å². The maximum absolute atomic E-state index is 10.0. The Morgan fingerprint density at radius 1 is 0.543 bits per heavy atom. The number of hydrogen-bond acceptors (Lipinski definition) is 6. The SMILES string of the molecule is CC(=O)CC(C)=O.[Ir+3].[c-]1c(-c2ccc3ccccc3n2)sc2ccccc12.[c-]1c(-c2ccc3ccccc3n2)sc2ccccc12. The van der Waals surface area contributed by atoms with Gasteiger partial charge in [0.2, 0.25) is 0 Å². The Balaban J connectivity index is 0.000000149. The predicted molar refractivity (Wildman–Crippen MR) is 189 cm³/mol. The molecule has 0 bridgehead atoms. The van der Waals surface area contributed by atoms with Crippen molar-refractivity contribution in [1.29, 1.82) is 0 Å². The van der Waals surface area contributed by atoms with Crippen LogP contribution in [-0.2, 0) is 29.7 Å². The van der Waals surface area contributed by atoms with Crippen molar-refractivity contribution in [3.63, 3.8) is 0 Å². The van der Waals surface area contributed by atoms with Crippen molar-refractivity contribution in [3.05, 3.63) is 133 Å². The minimum Gasteiger partial charge on any atom is -0.300 e. The summed E-state index contributed by atoms with van der Waals surface area (Å²) in [6.07, 6.45) is 0.0833. The second-order valence-corrected chi connectivity index (χ2v) is 12.6. The van der Waals surface area contributed by atoms with Crippen molar-refractivity contribution in [2.75, 3.05) is 0 Å². The van der Waals surface area contributed by atoms with Crippen LogP contribution in [0, 0.1) is 12.1 Å². The van der Waals surface area contributed by atoms with Gasteiger partial charge in [0, 0.05) is 11.4 Å². The largest absolute Gasteiger partial charge is 3.00 e. The molecule has 7 heteroatoms. The number of carbonyl (C=O) groups is 2. The Morgan fingerprint density at radius 3 is 1.33 bits per heavy atom. The van der Waals surface area contributed by atoms with E-state index >= 15 is 0 Å². The summed E-state index contributed by atoms with van der Waals surface area (Å²) in [4.78, 5) is 31.7. The van der Waals surface area contributed by atoms with Crippen molar-refractivity contribution < 1.29 is 29.7 Å². The number of nitrogens with zero attached hydrogens (tertiary/aromatic N) is 2. The van der Waals surface area contributed by atoms with Gasteiger partial charge in [0.05, 0.1) is 17.5 Å². The molecule has 0 radical (unpaired) electrons. The molecular weight excluding hydrogens is 785 g/mol. The quantitative estimate of drug-likeness (QED) is 0.131. The van der Waals surface area contributed by atoms with Crippen LogP contribution in [-0.4, -0.2) is 21.5 Å². The fourth-order valence-corrected chi connectivity index (χ4v) is 6.75. The van der Waals surface area contributed by atoms with E-state index in [0.29, 0.717) is 0 Å². The molecule has 0 atom stereocenters. The average molecular weight is 813 g/mol. The number of carbonyl (C=O) groups excluding carboxylic acids is 2. The number of aromatic nitrogens is 2. The van der Waals surface area contributed by atoms with Gasteiger partial charge in [0.1, 0.15) is 11.6 Å². The first-order valence-corrected chi connectivity index (χ1v) is 16.1. The molecule has 8 aromatic rings. The van der Waals surface area contributed by atoms with E-state index in [4.69, 9.17) is 9.97 Å². The van der Waals surface area contributed by atoms with Crippen LogP contribution < -0.4 is 0 Å². The van der Waals surface area contributed by atoms with Crippen LogP contribution in [0.15, 0.2) is 121 Å². The zero-order chi connectivity index (χ0) is 31.2. The Bertz CT molecular complexity index is 2060. The number of pyridine rings is 2. The zero-order valence-corrected chi connectivity index (χ0v) is 29.1. The third-order valence-corrected chi connectivity index (χ3v) is 9.04. The molecule has 4 aromatic heterocycles. The molecule has 226 valence electrons. The predicted octanol–water partition coefficient (Wildman–Crippen LogP) is 10.4. The standard InChI is InChI=1S/2C17H10NS.C5H8O2.Ir/c2*1-3-7-14-12(5-1)9-10-15(18-14)17-11-13-6-2-4-8-16(13)19-17;1-4(6)3-5(2)7;/h2*1-10H;3H2,1-2H3;/q2*-1;;+3. The van der Waals surface area contributed by atoms with Crippen molar-refractivity contribution in [3.8, 4) is 21.1 Å². The number of ketones is 2. The molecular formula is C39H28IrN2O2S2+. The first-order valence-electron chi connectivity index (χ1n) is 14.5. The number of thiophene rings is 2. The summed E-state index contributed by atoms with van der Waals surface area (Å²) in [5.74, 6) is -0.125.